The minimum Gasteiger partial charge on any atom is -0.338 e. The molecular weight excluding hydrogens is 335 g/mol. The Balaban J connectivity index is 1.53. The van der Waals surface area contributed by atoms with Crippen LogP contribution in [0.15, 0.2) is 24.7 Å². The standard InChI is InChI=1S/C16H18F3N5O/c1-10-4-12(7-20-5-10)22-15(25)21-6-11-2-3-14-23-13(16(17,18)19)9-24(14)8-11/h4-5,7,9,11H,2-3,6,8H2,1H3,(H2,21,22,25). The number of pyridine rings is 1. The van der Waals surface area contributed by atoms with E-state index in [-0.39, 0.29) is 11.9 Å². The molecular formula is C16H18F3N5O. The number of aromatic nitrogens is 3. The average molecular weight is 353 g/mol. The molecule has 9 heteroatoms. The maximum Gasteiger partial charge on any atom is 0.434 e. The van der Waals surface area contributed by atoms with E-state index in [0.717, 1.165) is 11.8 Å². The molecule has 0 aromatic carbocycles. The van der Waals surface area contributed by atoms with Crippen LogP contribution in [0.25, 0.3) is 0 Å². The van der Waals surface area contributed by atoms with Crippen LogP contribution in [0.4, 0.5) is 23.7 Å². The first-order chi connectivity index (χ1) is 11.8. The molecule has 6 nitrogen and oxygen atoms in total. The molecule has 0 radical (unpaired) electrons. The molecule has 1 aliphatic rings. The zero-order valence-corrected chi connectivity index (χ0v) is 13.6. The van der Waals surface area contributed by atoms with Crippen molar-refractivity contribution in [3.05, 3.63) is 41.7 Å². The molecule has 25 heavy (non-hydrogen) atoms. The number of anilines is 1. The summed E-state index contributed by atoms with van der Waals surface area (Å²) in [4.78, 5) is 19.6. The van der Waals surface area contributed by atoms with Gasteiger partial charge in [0.2, 0.25) is 0 Å². The van der Waals surface area contributed by atoms with Gasteiger partial charge in [-0.15, -0.1) is 0 Å². The SMILES string of the molecule is Cc1cncc(NC(=O)NCC2CCc3nc(C(F)(F)F)cn3C2)c1. The molecule has 0 spiro atoms. The molecule has 0 aliphatic carbocycles. The number of amides is 2. The summed E-state index contributed by atoms with van der Waals surface area (Å²) >= 11 is 0. The summed E-state index contributed by atoms with van der Waals surface area (Å²) in [6.45, 7) is 2.66. The summed E-state index contributed by atoms with van der Waals surface area (Å²) in [6.07, 6.45) is 0.985. The van der Waals surface area contributed by atoms with Crippen LogP contribution < -0.4 is 10.6 Å². The second-order valence-electron chi connectivity index (χ2n) is 6.18. The number of rotatable bonds is 3. The van der Waals surface area contributed by atoms with Crippen LogP contribution in [0.1, 0.15) is 23.5 Å². The van der Waals surface area contributed by atoms with Crippen molar-refractivity contribution in [2.45, 2.75) is 32.5 Å². The number of halogens is 3. The summed E-state index contributed by atoms with van der Waals surface area (Å²) < 4.78 is 39.7. The largest absolute Gasteiger partial charge is 0.434 e. The first kappa shape index (κ1) is 17.2. The first-order valence-electron chi connectivity index (χ1n) is 7.91. The van der Waals surface area contributed by atoms with Gasteiger partial charge >= 0.3 is 12.2 Å². The third kappa shape index (κ3) is 4.28. The van der Waals surface area contributed by atoms with Gasteiger partial charge in [-0.25, -0.2) is 9.78 Å². The molecule has 0 saturated carbocycles. The van der Waals surface area contributed by atoms with Gasteiger partial charge in [0.05, 0.1) is 11.9 Å². The van der Waals surface area contributed by atoms with Crippen LogP contribution >= 0.6 is 0 Å². The molecule has 3 heterocycles. The second kappa shape index (κ2) is 6.73. The minimum atomic E-state index is -4.43. The van der Waals surface area contributed by atoms with Crippen LogP contribution in [-0.2, 0) is 19.1 Å². The van der Waals surface area contributed by atoms with E-state index in [9.17, 15) is 18.0 Å². The number of urea groups is 1. The molecule has 0 saturated heterocycles. The minimum absolute atomic E-state index is 0.0594. The maximum absolute atomic E-state index is 12.7. The van der Waals surface area contributed by atoms with Gasteiger partial charge in [0.1, 0.15) is 5.82 Å². The highest BCUT2D eigenvalue weighted by molar-refractivity contribution is 5.89. The van der Waals surface area contributed by atoms with Crippen LogP contribution in [0, 0.1) is 12.8 Å². The third-order valence-corrected chi connectivity index (χ3v) is 4.06. The Hall–Kier alpha value is -2.58. The number of carbonyl (C=O) groups is 1. The molecule has 134 valence electrons. The number of hydrogen-bond donors (Lipinski definition) is 2. The summed E-state index contributed by atoms with van der Waals surface area (Å²) in [5.41, 5.74) is 0.659. The fourth-order valence-corrected chi connectivity index (χ4v) is 2.85. The van der Waals surface area contributed by atoms with E-state index in [0.29, 0.717) is 37.4 Å². The Morgan fingerprint density at radius 1 is 1.40 bits per heavy atom. The first-order valence-corrected chi connectivity index (χ1v) is 7.91. The van der Waals surface area contributed by atoms with Crippen molar-refractivity contribution in [2.24, 2.45) is 5.92 Å². The lowest BCUT2D eigenvalue weighted by molar-refractivity contribution is -0.141. The van der Waals surface area contributed by atoms with Gasteiger partial charge < -0.3 is 15.2 Å². The molecule has 2 amide bonds. The number of hydrogen-bond acceptors (Lipinski definition) is 3. The van der Waals surface area contributed by atoms with Gasteiger partial charge in [0.25, 0.3) is 0 Å². The number of fused-ring (bicyclic) bond motifs is 1. The number of aryl methyl sites for hydroxylation is 2. The van der Waals surface area contributed by atoms with E-state index in [1.54, 1.807) is 18.5 Å². The highest BCUT2D eigenvalue weighted by atomic mass is 19.4. The third-order valence-electron chi connectivity index (χ3n) is 4.06. The maximum atomic E-state index is 12.7. The van der Waals surface area contributed by atoms with E-state index in [4.69, 9.17) is 0 Å². The number of carbonyl (C=O) groups excluding carboxylic acids is 1. The zero-order chi connectivity index (χ0) is 18.0. The molecule has 0 bridgehead atoms. The monoisotopic (exact) mass is 353 g/mol. The highest BCUT2D eigenvalue weighted by Crippen LogP contribution is 2.30. The van der Waals surface area contributed by atoms with E-state index in [2.05, 4.69) is 20.6 Å². The smallest absolute Gasteiger partial charge is 0.338 e. The molecule has 0 fully saturated rings. The molecule has 2 aromatic heterocycles. The Kier molecular flexibility index (Phi) is 4.65. The van der Waals surface area contributed by atoms with Gasteiger partial charge in [0, 0.05) is 31.9 Å². The molecule has 1 atom stereocenters. The van der Waals surface area contributed by atoms with E-state index in [1.165, 1.54) is 4.57 Å². The normalized spacial score (nSPS) is 17.0. The quantitative estimate of drug-likeness (QED) is 0.891. The van der Waals surface area contributed by atoms with Crippen molar-refractivity contribution in [2.75, 3.05) is 11.9 Å². The van der Waals surface area contributed by atoms with Crippen molar-refractivity contribution in [3.8, 4) is 0 Å². The fourth-order valence-electron chi connectivity index (χ4n) is 2.85. The van der Waals surface area contributed by atoms with Gasteiger partial charge in [-0.05, 0) is 30.9 Å². The highest BCUT2D eigenvalue weighted by Gasteiger charge is 2.35. The predicted molar refractivity (Wildman–Crippen MR) is 85.0 cm³/mol. The van der Waals surface area contributed by atoms with Crippen LogP contribution in [-0.4, -0.2) is 27.1 Å². The summed E-state index contributed by atoms with van der Waals surface area (Å²) in [7, 11) is 0. The Morgan fingerprint density at radius 3 is 2.92 bits per heavy atom. The van der Waals surface area contributed by atoms with Gasteiger partial charge in [-0.2, -0.15) is 13.2 Å². The van der Waals surface area contributed by atoms with Crippen LogP contribution in [0.5, 0.6) is 0 Å². The zero-order valence-electron chi connectivity index (χ0n) is 13.6. The Labute approximate surface area is 142 Å². The summed E-state index contributed by atoms with van der Waals surface area (Å²) in [5, 5.41) is 5.44. The van der Waals surface area contributed by atoms with Gasteiger partial charge in [0.15, 0.2) is 5.69 Å². The Morgan fingerprint density at radius 2 is 2.20 bits per heavy atom. The van der Waals surface area contributed by atoms with Crippen molar-refractivity contribution >= 4 is 11.7 Å². The van der Waals surface area contributed by atoms with Crippen molar-refractivity contribution < 1.29 is 18.0 Å². The lowest BCUT2D eigenvalue weighted by Gasteiger charge is -2.23. The molecule has 3 rings (SSSR count). The average Bonchev–Trinajstić information content (AvgIpc) is 2.96. The molecule has 2 N–H and O–H groups in total. The van der Waals surface area contributed by atoms with Crippen LogP contribution in [0.3, 0.4) is 0 Å². The van der Waals surface area contributed by atoms with E-state index in [1.807, 2.05) is 6.92 Å². The number of imidazole rings is 1. The lowest BCUT2D eigenvalue weighted by Crippen LogP contribution is -2.36. The summed E-state index contributed by atoms with van der Waals surface area (Å²) in [5.74, 6) is 0.503. The van der Waals surface area contributed by atoms with Crippen molar-refractivity contribution in [1.29, 1.82) is 0 Å². The van der Waals surface area contributed by atoms with Crippen molar-refractivity contribution in [1.82, 2.24) is 19.9 Å². The van der Waals surface area contributed by atoms with Crippen LogP contribution in [0.2, 0.25) is 0 Å². The number of alkyl halides is 3. The van der Waals surface area contributed by atoms with Crippen molar-refractivity contribution in [3.63, 3.8) is 0 Å². The predicted octanol–water partition coefficient (Wildman–Crippen LogP) is 2.99. The fraction of sp³-hybridized carbons (Fsp3) is 0.438. The molecule has 1 aliphatic heterocycles. The van der Waals surface area contributed by atoms with Gasteiger partial charge in [-0.3, -0.25) is 4.98 Å². The number of nitrogens with zero attached hydrogens (tertiary/aromatic N) is 3. The lowest BCUT2D eigenvalue weighted by atomic mass is 9.99. The van der Waals surface area contributed by atoms with E-state index < -0.39 is 11.9 Å². The van der Waals surface area contributed by atoms with Gasteiger partial charge in [-0.1, -0.05) is 0 Å². The second-order valence-corrected chi connectivity index (χ2v) is 6.18. The topological polar surface area (TPSA) is 71.8 Å². The molecule has 1 unspecified atom stereocenters. The Bertz CT molecular complexity index is 771. The molecule has 2 aromatic rings. The number of nitrogens with one attached hydrogen (secondary N) is 2. The summed E-state index contributed by atoms with van der Waals surface area (Å²) in [6, 6.07) is 1.43. The van der Waals surface area contributed by atoms with E-state index >= 15 is 0 Å².